The predicted molar refractivity (Wildman–Crippen MR) is 133 cm³/mol. The largest absolute Gasteiger partial charge is 0.338 e. The van der Waals surface area contributed by atoms with E-state index in [1.165, 1.54) is 5.56 Å². The van der Waals surface area contributed by atoms with Crippen LogP contribution in [0.15, 0.2) is 30.3 Å². The highest BCUT2D eigenvalue weighted by atomic mass is 15.3. The van der Waals surface area contributed by atoms with Crippen LogP contribution in [0.1, 0.15) is 37.9 Å². The number of piperazine rings is 1. The van der Waals surface area contributed by atoms with Gasteiger partial charge in [-0.1, -0.05) is 45.0 Å². The summed E-state index contributed by atoms with van der Waals surface area (Å²) in [6.07, 6.45) is 1.81. The van der Waals surface area contributed by atoms with Gasteiger partial charge in [0, 0.05) is 43.9 Å². The van der Waals surface area contributed by atoms with E-state index in [1.54, 1.807) is 0 Å². The van der Waals surface area contributed by atoms with Gasteiger partial charge in [-0.3, -0.25) is 5.32 Å². The molecule has 0 spiro atoms. The first-order valence-electron chi connectivity index (χ1n) is 11.8. The van der Waals surface area contributed by atoms with Crippen molar-refractivity contribution in [3.8, 4) is 11.3 Å². The maximum atomic E-state index is 4.75. The molecule has 8 nitrogen and oxygen atoms in total. The number of rotatable bonds is 7. The summed E-state index contributed by atoms with van der Waals surface area (Å²) in [5.41, 5.74) is 4.17. The van der Waals surface area contributed by atoms with Crippen molar-refractivity contribution in [1.29, 1.82) is 0 Å². The highest BCUT2D eigenvalue weighted by Gasteiger charge is 2.18. The second kappa shape index (κ2) is 10.2. The molecule has 1 aliphatic heterocycles. The molecule has 0 radical (unpaired) electrons. The fraction of sp³-hybridized carbons (Fsp3) is 0.480. The van der Waals surface area contributed by atoms with Gasteiger partial charge in [-0.25, -0.2) is 9.97 Å². The van der Waals surface area contributed by atoms with Crippen LogP contribution < -0.4 is 10.2 Å². The zero-order chi connectivity index (χ0) is 23.4. The molecule has 3 heterocycles. The number of hydrogen-bond acceptors (Lipinski definition) is 8. The summed E-state index contributed by atoms with van der Waals surface area (Å²) in [5.74, 6) is 3.09. The Labute approximate surface area is 196 Å². The Bertz CT molecular complexity index is 1070. The molecular formula is C25H34N8. The molecule has 0 aliphatic carbocycles. The van der Waals surface area contributed by atoms with Crippen molar-refractivity contribution in [3.05, 3.63) is 47.4 Å². The van der Waals surface area contributed by atoms with Gasteiger partial charge in [0.1, 0.15) is 5.82 Å². The summed E-state index contributed by atoms with van der Waals surface area (Å²) in [6, 6.07) is 10.6. The van der Waals surface area contributed by atoms with Crippen LogP contribution in [0, 0.1) is 12.8 Å². The molecule has 1 aromatic carbocycles. The number of benzene rings is 1. The standard InChI is InChI=1S/C25H34N8/c1-6-22-28-24(31-25(29-22)33-13-11-32(5)12-14-33)30-23-26-18(4)16-21(27-23)20-9-7-19(8-10-20)15-17(2)3/h7-10,16-17H,6,11-15H2,1-5H3,(H,26,27,28,29,30,31). The molecule has 1 N–H and O–H groups in total. The van der Waals surface area contributed by atoms with Crippen molar-refractivity contribution in [1.82, 2.24) is 29.8 Å². The SMILES string of the molecule is CCc1nc(Nc2nc(C)cc(-c3ccc(CC(C)C)cc3)n2)nc(N2CCN(C)CC2)n1. The molecular weight excluding hydrogens is 412 g/mol. The highest BCUT2D eigenvalue weighted by Crippen LogP contribution is 2.22. The molecule has 8 heteroatoms. The number of aromatic nitrogens is 5. The summed E-state index contributed by atoms with van der Waals surface area (Å²) in [6.45, 7) is 12.3. The second-order valence-electron chi connectivity index (χ2n) is 9.16. The zero-order valence-corrected chi connectivity index (χ0v) is 20.3. The van der Waals surface area contributed by atoms with Crippen molar-refractivity contribution >= 4 is 17.8 Å². The minimum Gasteiger partial charge on any atom is -0.338 e. The Balaban J connectivity index is 1.58. The number of nitrogens with one attached hydrogen (secondary N) is 1. The van der Waals surface area contributed by atoms with Gasteiger partial charge in [0.2, 0.25) is 17.8 Å². The minimum absolute atomic E-state index is 0.486. The quantitative estimate of drug-likeness (QED) is 0.585. The van der Waals surface area contributed by atoms with Gasteiger partial charge in [-0.2, -0.15) is 15.0 Å². The Morgan fingerprint density at radius 2 is 1.61 bits per heavy atom. The van der Waals surface area contributed by atoms with Gasteiger partial charge in [-0.05, 0) is 37.9 Å². The molecule has 0 atom stereocenters. The fourth-order valence-corrected chi connectivity index (χ4v) is 3.92. The van der Waals surface area contributed by atoms with Crippen LogP contribution in [0.5, 0.6) is 0 Å². The van der Waals surface area contributed by atoms with Crippen LogP contribution in [0.4, 0.5) is 17.8 Å². The van der Waals surface area contributed by atoms with E-state index in [0.29, 0.717) is 23.8 Å². The van der Waals surface area contributed by atoms with Crippen molar-refractivity contribution in [3.63, 3.8) is 0 Å². The summed E-state index contributed by atoms with van der Waals surface area (Å²) < 4.78 is 0. The number of anilines is 3. The fourth-order valence-electron chi connectivity index (χ4n) is 3.92. The molecule has 33 heavy (non-hydrogen) atoms. The molecule has 1 fully saturated rings. The van der Waals surface area contributed by atoms with E-state index in [0.717, 1.165) is 61.8 Å². The average molecular weight is 447 g/mol. The third kappa shape index (κ3) is 6.01. The molecule has 174 valence electrons. The van der Waals surface area contributed by atoms with Gasteiger partial charge in [-0.15, -0.1) is 0 Å². The Kier molecular flexibility index (Phi) is 7.13. The van der Waals surface area contributed by atoms with Crippen LogP contribution in [-0.2, 0) is 12.8 Å². The molecule has 0 bridgehead atoms. The Hall–Kier alpha value is -3.13. The lowest BCUT2D eigenvalue weighted by atomic mass is 10.0. The first-order valence-corrected chi connectivity index (χ1v) is 11.8. The van der Waals surface area contributed by atoms with Crippen LogP contribution >= 0.6 is 0 Å². The van der Waals surface area contributed by atoms with Crippen molar-refractivity contribution in [2.75, 3.05) is 43.4 Å². The van der Waals surface area contributed by atoms with E-state index in [1.807, 2.05) is 13.0 Å². The van der Waals surface area contributed by atoms with Gasteiger partial charge < -0.3 is 9.80 Å². The molecule has 3 aromatic rings. The first-order chi connectivity index (χ1) is 15.9. The zero-order valence-electron chi connectivity index (χ0n) is 20.3. The number of nitrogens with zero attached hydrogens (tertiary/aromatic N) is 7. The van der Waals surface area contributed by atoms with Gasteiger partial charge >= 0.3 is 0 Å². The summed E-state index contributed by atoms with van der Waals surface area (Å²) >= 11 is 0. The summed E-state index contributed by atoms with van der Waals surface area (Å²) in [7, 11) is 2.14. The lowest BCUT2D eigenvalue weighted by molar-refractivity contribution is 0.311. The summed E-state index contributed by atoms with van der Waals surface area (Å²) in [5, 5.41) is 3.23. The molecule has 0 amide bonds. The van der Waals surface area contributed by atoms with Crippen LogP contribution in [0.2, 0.25) is 0 Å². The molecule has 0 unspecified atom stereocenters. The van der Waals surface area contributed by atoms with Crippen molar-refractivity contribution < 1.29 is 0 Å². The van der Waals surface area contributed by atoms with Crippen molar-refractivity contribution in [2.45, 2.75) is 40.5 Å². The predicted octanol–water partition coefficient (Wildman–Crippen LogP) is 3.89. The molecule has 4 rings (SSSR count). The lowest BCUT2D eigenvalue weighted by Crippen LogP contribution is -2.45. The van der Waals surface area contributed by atoms with E-state index >= 15 is 0 Å². The van der Waals surface area contributed by atoms with E-state index in [2.05, 4.69) is 82.2 Å². The monoisotopic (exact) mass is 446 g/mol. The van der Waals surface area contributed by atoms with E-state index < -0.39 is 0 Å². The van der Waals surface area contributed by atoms with Crippen LogP contribution in [0.25, 0.3) is 11.3 Å². The maximum absolute atomic E-state index is 4.75. The molecule has 2 aromatic heterocycles. The molecule has 0 saturated carbocycles. The minimum atomic E-state index is 0.486. The molecule has 1 saturated heterocycles. The summed E-state index contributed by atoms with van der Waals surface area (Å²) in [4.78, 5) is 27.8. The van der Waals surface area contributed by atoms with Gasteiger partial charge in [0.25, 0.3) is 0 Å². The smallest absolute Gasteiger partial charge is 0.234 e. The van der Waals surface area contributed by atoms with E-state index in [9.17, 15) is 0 Å². The lowest BCUT2D eigenvalue weighted by Gasteiger charge is -2.32. The maximum Gasteiger partial charge on any atom is 0.234 e. The number of likely N-dealkylation sites (N-methyl/N-ethyl adjacent to an activating group) is 1. The van der Waals surface area contributed by atoms with Crippen LogP contribution in [0.3, 0.4) is 0 Å². The second-order valence-corrected chi connectivity index (χ2v) is 9.16. The topological polar surface area (TPSA) is 83.0 Å². The highest BCUT2D eigenvalue weighted by molar-refractivity contribution is 5.62. The average Bonchev–Trinajstić information content (AvgIpc) is 2.79. The Morgan fingerprint density at radius 1 is 0.909 bits per heavy atom. The van der Waals surface area contributed by atoms with Crippen molar-refractivity contribution in [2.24, 2.45) is 5.92 Å². The van der Waals surface area contributed by atoms with Crippen LogP contribution in [-0.4, -0.2) is 63.0 Å². The Morgan fingerprint density at radius 3 is 2.27 bits per heavy atom. The van der Waals surface area contributed by atoms with E-state index in [-0.39, 0.29) is 0 Å². The normalized spacial score (nSPS) is 14.7. The third-order valence-electron chi connectivity index (χ3n) is 5.74. The first kappa shape index (κ1) is 23.0. The van der Waals surface area contributed by atoms with Gasteiger partial charge in [0.15, 0.2) is 0 Å². The number of aryl methyl sites for hydroxylation is 2. The van der Waals surface area contributed by atoms with E-state index in [4.69, 9.17) is 9.97 Å². The number of hydrogen-bond donors (Lipinski definition) is 1. The van der Waals surface area contributed by atoms with Gasteiger partial charge in [0.05, 0.1) is 5.69 Å². The third-order valence-corrected chi connectivity index (χ3v) is 5.74. The molecule has 1 aliphatic rings.